The molecule has 2 heterocycles. The van der Waals surface area contributed by atoms with Crippen molar-refractivity contribution < 1.29 is 14.3 Å². The molecule has 1 fully saturated rings. The Balaban J connectivity index is 1.64. The van der Waals surface area contributed by atoms with E-state index in [0.717, 1.165) is 30.4 Å². The van der Waals surface area contributed by atoms with Crippen molar-refractivity contribution in [3.8, 4) is 0 Å². The van der Waals surface area contributed by atoms with Crippen LogP contribution in [0.3, 0.4) is 0 Å². The Hall–Kier alpha value is -1.59. The molecule has 0 N–H and O–H groups in total. The average molecular weight is 337 g/mol. The van der Waals surface area contributed by atoms with Crippen molar-refractivity contribution in [2.24, 2.45) is 0 Å². The molecule has 0 saturated carbocycles. The van der Waals surface area contributed by atoms with Crippen molar-refractivity contribution in [3.63, 3.8) is 0 Å². The predicted molar refractivity (Wildman–Crippen MR) is 86.9 cm³/mol. The van der Waals surface area contributed by atoms with Crippen molar-refractivity contribution in [1.29, 1.82) is 0 Å². The van der Waals surface area contributed by atoms with Crippen LogP contribution in [-0.2, 0) is 27.4 Å². The number of amides is 2. The summed E-state index contributed by atoms with van der Waals surface area (Å²) in [6.07, 6.45) is 2.17. The SMILES string of the molecule is COC1CCCCN(CC(=O)N2Cc3ccc(Cl)cc3C2)C1=O. The number of fused-ring (bicyclic) bond motifs is 1. The minimum atomic E-state index is -0.417. The van der Waals surface area contributed by atoms with Gasteiger partial charge < -0.3 is 14.5 Å². The van der Waals surface area contributed by atoms with Crippen molar-refractivity contribution in [2.75, 3.05) is 20.2 Å². The van der Waals surface area contributed by atoms with Gasteiger partial charge in [-0.1, -0.05) is 17.7 Å². The summed E-state index contributed by atoms with van der Waals surface area (Å²) in [6, 6.07) is 5.71. The molecule has 0 bridgehead atoms. The smallest absolute Gasteiger partial charge is 0.252 e. The summed E-state index contributed by atoms with van der Waals surface area (Å²) < 4.78 is 5.25. The number of halogens is 1. The summed E-state index contributed by atoms with van der Waals surface area (Å²) in [5.41, 5.74) is 2.21. The zero-order valence-electron chi connectivity index (χ0n) is 13.3. The normalized spacial score (nSPS) is 21.3. The Bertz CT molecular complexity index is 620. The lowest BCUT2D eigenvalue weighted by atomic mass is 10.1. The number of ether oxygens (including phenoxy) is 1. The molecule has 0 aliphatic carbocycles. The second-order valence-electron chi connectivity index (χ2n) is 6.14. The van der Waals surface area contributed by atoms with Crippen molar-refractivity contribution in [3.05, 3.63) is 34.3 Å². The summed E-state index contributed by atoms with van der Waals surface area (Å²) in [6.45, 7) is 1.89. The second kappa shape index (κ2) is 6.89. The third kappa shape index (κ3) is 3.51. The van der Waals surface area contributed by atoms with Crippen LogP contribution in [0.2, 0.25) is 5.02 Å². The van der Waals surface area contributed by atoms with E-state index in [2.05, 4.69) is 0 Å². The highest BCUT2D eigenvalue weighted by Gasteiger charge is 2.30. The van der Waals surface area contributed by atoms with Gasteiger partial charge in [0.25, 0.3) is 5.91 Å². The minimum absolute atomic E-state index is 0.0255. The molecule has 0 spiro atoms. The summed E-state index contributed by atoms with van der Waals surface area (Å²) in [5.74, 6) is -0.0967. The Morgan fingerprint density at radius 1 is 1.30 bits per heavy atom. The van der Waals surface area contributed by atoms with E-state index in [1.807, 2.05) is 18.2 Å². The zero-order valence-corrected chi connectivity index (χ0v) is 14.0. The third-order valence-electron chi connectivity index (χ3n) is 4.59. The number of likely N-dealkylation sites (tertiary alicyclic amines) is 1. The number of carbonyl (C=O) groups is 2. The molecular formula is C17H21ClN2O3. The summed E-state index contributed by atoms with van der Waals surface area (Å²) in [4.78, 5) is 28.4. The van der Waals surface area contributed by atoms with Crippen molar-refractivity contribution in [1.82, 2.24) is 9.80 Å². The molecule has 0 aromatic heterocycles. The quantitative estimate of drug-likeness (QED) is 0.850. The van der Waals surface area contributed by atoms with Gasteiger partial charge in [0.2, 0.25) is 5.91 Å². The predicted octanol–water partition coefficient (Wildman–Crippen LogP) is 2.21. The van der Waals surface area contributed by atoms with E-state index in [1.54, 1.807) is 16.9 Å². The largest absolute Gasteiger partial charge is 0.372 e. The highest BCUT2D eigenvalue weighted by molar-refractivity contribution is 6.30. The molecule has 6 heteroatoms. The molecule has 1 aromatic rings. The van der Waals surface area contributed by atoms with Crippen LogP contribution in [-0.4, -0.2) is 47.9 Å². The van der Waals surface area contributed by atoms with Gasteiger partial charge in [0.15, 0.2) is 0 Å². The van der Waals surface area contributed by atoms with Crippen LogP contribution in [0.4, 0.5) is 0 Å². The maximum absolute atomic E-state index is 12.6. The number of hydrogen-bond acceptors (Lipinski definition) is 3. The van der Waals surface area contributed by atoms with Crippen molar-refractivity contribution in [2.45, 2.75) is 38.5 Å². The highest BCUT2D eigenvalue weighted by Crippen LogP contribution is 2.26. The first-order valence-corrected chi connectivity index (χ1v) is 8.33. The van der Waals surface area contributed by atoms with Gasteiger partial charge in [-0.25, -0.2) is 0 Å². The van der Waals surface area contributed by atoms with Gasteiger partial charge in [0.1, 0.15) is 6.10 Å². The Kier molecular flexibility index (Phi) is 4.87. The molecule has 5 nitrogen and oxygen atoms in total. The molecular weight excluding hydrogens is 316 g/mol. The molecule has 1 saturated heterocycles. The summed E-state index contributed by atoms with van der Waals surface area (Å²) >= 11 is 6.01. The molecule has 1 unspecified atom stereocenters. The van der Waals surface area contributed by atoms with Gasteiger partial charge in [0.05, 0.1) is 6.54 Å². The number of benzene rings is 1. The molecule has 3 rings (SSSR count). The number of nitrogens with zero attached hydrogens (tertiary/aromatic N) is 2. The first-order valence-electron chi connectivity index (χ1n) is 7.95. The average Bonchev–Trinajstić information content (AvgIpc) is 2.88. The van der Waals surface area contributed by atoms with Gasteiger partial charge in [-0.3, -0.25) is 9.59 Å². The molecule has 1 aromatic carbocycles. The van der Waals surface area contributed by atoms with Gasteiger partial charge in [-0.05, 0) is 42.5 Å². The molecule has 1 atom stereocenters. The number of hydrogen-bond donors (Lipinski definition) is 0. The number of carbonyl (C=O) groups excluding carboxylic acids is 2. The summed E-state index contributed by atoms with van der Waals surface area (Å²) in [7, 11) is 1.55. The van der Waals surface area contributed by atoms with Crippen LogP contribution in [0, 0.1) is 0 Å². The first-order chi connectivity index (χ1) is 11.1. The lowest BCUT2D eigenvalue weighted by molar-refractivity contribution is -0.146. The minimum Gasteiger partial charge on any atom is -0.372 e. The molecule has 0 radical (unpaired) electrons. The highest BCUT2D eigenvalue weighted by atomic mass is 35.5. The standard InChI is InChI=1S/C17H21ClN2O3/c1-23-15-4-2-3-7-19(17(15)22)11-16(21)20-9-12-5-6-14(18)8-13(12)10-20/h5-6,8,15H,2-4,7,9-11H2,1H3. The maximum Gasteiger partial charge on any atom is 0.252 e. The van der Waals surface area contributed by atoms with E-state index in [0.29, 0.717) is 24.7 Å². The molecule has 2 aliphatic rings. The maximum atomic E-state index is 12.6. The van der Waals surface area contributed by atoms with Crippen LogP contribution in [0.5, 0.6) is 0 Å². The Labute approximate surface area is 141 Å². The fourth-order valence-corrected chi connectivity index (χ4v) is 3.44. The van der Waals surface area contributed by atoms with Gasteiger partial charge >= 0.3 is 0 Å². The number of rotatable bonds is 3. The molecule has 2 amide bonds. The van der Waals surface area contributed by atoms with E-state index in [4.69, 9.17) is 16.3 Å². The topological polar surface area (TPSA) is 49.9 Å². The van der Waals surface area contributed by atoms with E-state index >= 15 is 0 Å². The van der Waals surface area contributed by atoms with E-state index < -0.39 is 6.10 Å². The van der Waals surface area contributed by atoms with Crippen molar-refractivity contribution >= 4 is 23.4 Å². The first kappa shape index (κ1) is 16.3. The Morgan fingerprint density at radius 3 is 2.87 bits per heavy atom. The van der Waals surface area contributed by atoms with Gasteiger partial charge in [0, 0.05) is 31.8 Å². The Morgan fingerprint density at radius 2 is 2.09 bits per heavy atom. The van der Waals surface area contributed by atoms with Crippen LogP contribution in [0.15, 0.2) is 18.2 Å². The lowest BCUT2D eigenvalue weighted by Crippen LogP contribution is -2.44. The zero-order chi connectivity index (χ0) is 16.4. The lowest BCUT2D eigenvalue weighted by Gasteiger charge is -2.25. The monoisotopic (exact) mass is 336 g/mol. The van der Waals surface area contributed by atoms with Crippen LogP contribution in [0.1, 0.15) is 30.4 Å². The van der Waals surface area contributed by atoms with Gasteiger partial charge in [-0.15, -0.1) is 0 Å². The molecule has 124 valence electrons. The van der Waals surface area contributed by atoms with Crippen LogP contribution < -0.4 is 0 Å². The fourth-order valence-electron chi connectivity index (χ4n) is 3.25. The van der Waals surface area contributed by atoms with E-state index in [-0.39, 0.29) is 18.4 Å². The third-order valence-corrected chi connectivity index (χ3v) is 4.82. The van der Waals surface area contributed by atoms with E-state index in [1.165, 1.54) is 0 Å². The molecule has 2 aliphatic heterocycles. The van der Waals surface area contributed by atoms with Gasteiger partial charge in [-0.2, -0.15) is 0 Å². The van der Waals surface area contributed by atoms with Crippen LogP contribution >= 0.6 is 11.6 Å². The second-order valence-corrected chi connectivity index (χ2v) is 6.58. The molecule has 23 heavy (non-hydrogen) atoms. The number of methoxy groups -OCH3 is 1. The van der Waals surface area contributed by atoms with Crippen LogP contribution in [0.25, 0.3) is 0 Å². The van der Waals surface area contributed by atoms with E-state index in [9.17, 15) is 9.59 Å². The summed E-state index contributed by atoms with van der Waals surface area (Å²) in [5, 5.41) is 0.684. The fraction of sp³-hybridized carbons (Fsp3) is 0.529.